The summed E-state index contributed by atoms with van der Waals surface area (Å²) < 4.78 is 13.8. The van der Waals surface area contributed by atoms with E-state index in [1.165, 1.54) is 23.0 Å². The normalized spacial score (nSPS) is 19.2. The minimum atomic E-state index is -0.691. The first kappa shape index (κ1) is 19.7. The van der Waals surface area contributed by atoms with Gasteiger partial charge < -0.3 is 5.11 Å². The summed E-state index contributed by atoms with van der Waals surface area (Å²) in [7, 11) is 0. The Kier molecular flexibility index (Phi) is 6.00. The first-order valence-electron chi connectivity index (χ1n) is 9.96. The van der Waals surface area contributed by atoms with Gasteiger partial charge in [0.05, 0.1) is 0 Å². The first-order chi connectivity index (χ1) is 14.1. The van der Waals surface area contributed by atoms with Gasteiger partial charge in [0.25, 0.3) is 0 Å². The van der Waals surface area contributed by atoms with Crippen LogP contribution in [-0.4, -0.2) is 21.3 Å². The van der Waals surface area contributed by atoms with E-state index >= 15 is 0 Å². The number of carboxylic acids is 1. The topological polar surface area (TPSA) is 63.1 Å². The Morgan fingerprint density at radius 2 is 1.76 bits per heavy atom. The van der Waals surface area contributed by atoms with Crippen LogP contribution in [0, 0.1) is 11.7 Å². The maximum absolute atomic E-state index is 13.8. The summed E-state index contributed by atoms with van der Waals surface area (Å²) in [5.41, 5.74) is 2.95. The number of benzene rings is 2. The quantitative estimate of drug-likeness (QED) is 0.568. The standard InChI is InChI=1S/C23H23FN2O2S/c24-20-4-2-1-3-19(20)14-21-25-26-23(29-21)18-11-9-17(10-12-18)16-7-5-15(6-8-16)13-22(27)28/h1-4,9-12,15-16H,5-8,13-14H2,(H,27,28). The van der Waals surface area contributed by atoms with E-state index in [-0.39, 0.29) is 12.2 Å². The third kappa shape index (κ3) is 4.88. The summed E-state index contributed by atoms with van der Waals surface area (Å²) in [6, 6.07) is 15.2. The van der Waals surface area contributed by atoms with Gasteiger partial charge in [-0.3, -0.25) is 4.79 Å². The van der Waals surface area contributed by atoms with E-state index in [9.17, 15) is 9.18 Å². The van der Waals surface area contributed by atoms with Crippen molar-refractivity contribution in [2.24, 2.45) is 5.92 Å². The van der Waals surface area contributed by atoms with Gasteiger partial charge in [0, 0.05) is 18.4 Å². The van der Waals surface area contributed by atoms with Crippen LogP contribution in [0.25, 0.3) is 10.6 Å². The number of hydrogen-bond acceptors (Lipinski definition) is 4. The number of nitrogens with zero attached hydrogens (tertiary/aromatic N) is 2. The molecule has 1 aliphatic rings. The molecule has 1 saturated carbocycles. The Morgan fingerprint density at radius 3 is 2.45 bits per heavy atom. The molecule has 0 amide bonds. The molecule has 1 N–H and O–H groups in total. The van der Waals surface area contributed by atoms with E-state index in [2.05, 4.69) is 34.5 Å². The summed E-state index contributed by atoms with van der Waals surface area (Å²) in [6.45, 7) is 0. The van der Waals surface area contributed by atoms with Crippen LogP contribution < -0.4 is 0 Å². The Hall–Kier alpha value is -2.60. The minimum absolute atomic E-state index is 0.216. The van der Waals surface area contributed by atoms with Gasteiger partial charge in [-0.25, -0.2) is 4.39 Å². The van der Waals surface area contributed by atoms with Crippen LogP contribution in [0.4, 0.5) is 4.39 Å². The highest BCUT2D eigenvalue weighted by atomic mass is 32.1. The van der Waals surface area contributed by atoms with Crippen LogP contribution in [-0.2, 0) is 11.2 Å². The van der Waals surface area contributed by atoms with Crippen molar-refractivity contribution in [1.82, 2.24) is 10.2 Å². The highest BCUT2D eigenvalue weighted by Crippen LogP contribution is 2.37. The van der Waals surface area contributed by atoms with Crippen molar-refractivity contribution in [1.29, 1.82) is 0 Å². The van der Waals surface area contributed by atoms with Crippen LogP contribution in [0.1, 0.15) is 54.2 Å². The largest absolute Gasteiger partial charge is 0.481 e. The van der Waals surface area contributed by atoms with Gasteiger partial charge in [-0.15, -0.1) is 10.2 Å². The highest BCUT2D eigenvalue weighted by Gasteiger charge is 2.24. The number of carbonyl (C=O) groups is 1. The fourth-order valence-corrected chi connectivity index (χ4v) is 4.96. The lowest BCUT2D eigenvalue weighted by atomic mass is 9.77. The molecule has 29 heavy (non-hydrogen) atoms. The molecule has 150 valence electrons. The first-order valence-corrected chi connectivity index (χ1v) is 10.8. The number of hydrogen-bond donors (Lipinski definition) is 1. The van der Waals surface area contributed by atoms with Gasteiger partial charge in [-0.1, -0.05) is 53.8 Å². The molecule has 0 saturated heterocycles. The van der Waals surface area contributed by atoms with Gasteiger partial charge in [0.1, 0.15) is 15.8 Å². The Bertz CT molecular complexity index is 979. The molecule has 3 aromatic rings. The molecule has 0 radical (unpaired) electrons. The van der Waals surface area contributed by atoms with Gasteiger partial charge in [-0.2, -0.15) is 0 Å². The second-order valence-electron chi connectivity index (χ2n) is 7.71. The van der Waals surface area contributed by atoms with Crippen LogP contribution in [0.5, 0.6) is 0 Å². The second-order valence-corrected chi connectivity index (χ2v) is 8.77. The second kappa shape index (κ2) is 8.82. The van der Waals surface area contributed by atoms with Crippen molar-refractivity contribution in [3.8, 4) is 10.6 Å². The van der Waals surface area contributed by atoms with Crippen molar-refractivity contribution in [2.75, 3.05) is 0 Å². The zero-order chi connectivity index (χ0) is 20.2. The summed E-state index contributed by atoms with van der Waals surface area (Å²) in [5.74, 6) is -0.0895. The SMILES string of the molecule is O=C(O)CC1CCC(c2ccc(-c3nnc(Cc4ccccc4F)s3)cc2)CC1. The number of rotatable bonds is 6. The predicted molar refractivity (Wildman–Crippen MR) is 112 cm³/mol. The van der Waals surface area contributed by atoms with Crippen LogP contribution in [0.15, 0.2) is 48.5 Å². The monoisotopic (exact) mass is 410 g/mol. The lowest BCUT2D eigenvalue weighted by Gasteiger charge is -2.28. The lowest BCUT2D eigenvalue weighted by Crippen LogP contribution is -2.16. The fraction of sp³-hybridized carbons (Fsp3) is 0.348. The summed E-state index contributed by atoms with van der Waals surface area (Å²) in [5, 5.41) is 19.1. The third-order valence-electron chi connectivity index (χ3n) is 5.71. The smallest absolute Gasteiger partial charge is 0.303 e. The van der Waals surface area contributed by atoms with Crippen LogP contribution >= 0.6 is 11.3 Å². The molecule has 0 atom stereocenters. The maximum atomic E-state index is 13.8. The molecule has 1 aromatic heterocycles. The molecule has 0 unspecified atom stereocenters. The average Bonchev–Trinajstić information content (AvgIpc) is 3.19. The summed E-state index contributed by atoms with van der Waals surface area (Å²) in [4.78, 5) is 10.9. The molecule has 2 aromatic carbocycles. The zero-order valence-corrected chi connectivity index (χ0v) is 16.9. The van der Waals surface area contributed by atoms with Gasteiger partial charge in [-0.05, 0) is 54.7 Å². The Morgan fingerprint density at radius 1 is 1.03 bits per heavy atom. The average molecular weight is 411 g/mol. The molecule has 4 rings (SSSR count). The molecular formula is C23H23FN2O2S. The van der Waals surface area contributed by atoms with Crippen molar-refractivity contribution >= 4 is 17.3 Å². The number of aliphatic carboxylic acids is 1. The third-order valence-corrected chi connectivity index (χ3v) is 6.68. The number of carboxylic acid groups (broad SMARTS) is 1. The van der Waals surface area contributed by atoms with Crippen molar-refractivity contribution in [3.63, 3.8) is 0 Å². The Balaban J connectivity index is 1.39. The molecule has 0 aliphatic heterocycles. The molecule has 4 nitrogen and oxygen atoms in total. The van der Waals surface area contributed by atoms with E-state index in [1.807, 2.05) is 6.07 Å². The zero-order valence-electron chi connectivity index (χ0n) is 16.1. The Labute approximate surface area is 173 Å². The van der Waals surface area contributed by atoms with E-state index in [1.54, 1.807) is 12.1 Å². The lowest BCUT2D eigenvalue weighted by molar-refractivity contribution is -0.138. The van der Waals surface area contributed by atoms with Gasteiger partial charge in [0.2, 0.25) is 0 Å². The van der Waals surface area contributed by atoms with Crippen molar-refractivity contribution < 1.29 is 14.3 Å². The molecule has 1 aliphatic carbocycles. The molecule has 1 fully saturated rings. The molecule has 0 spiro atoms. The maximum Gasteiger partial charge on any atom is 0.303 e. The van der Waals surface area contributed by atoms with E-state index in [4.69, 9.17) is 5.11 Å². The van der Waals surface area contributed by atoms with E-state index in [0.29, 0.717) is 23.8 Å². The minimum Gasteiger partial charge on any atom is -0.481 e. The van der Waals surface area contributed by atoms with E-state index in [0.717, 1.165) is 41.3 Å². The van der Waals surface area contributed by atoms with E-state index < -0.39 is 5.97 Å². The van der Waals surface area contributed by atoms with Crippen LogP contribution in [0.2, 0.25) is 0 Å². The van der Waals surface area contributed by atoms with Gasteiger partial charge in [0.15, 0.2) is 0 Å². The summed E-state index contributed by atoms with van der Waals surface area (Å²) in [6.07, 6.45) is 4.79. The van der Waals surface area contributed by atoms with Gasteiger partial charge >= 0.3 is 5.97 Å². The van der Waals surface area contributed by atoms with Crippen molar-refractivity contribution in [2.45, 2.75) is 44.4 Å². The van der Waals surface area contributed by atoms with Crippen molar-refractivity contribution in [3.05, 3.63) is 70.5 Å². The number of halogens is 1. The predicted octanol–water partition coefficient (Wildman–Crippen LogP) is 5.68. The molecule has 0 bridgehead atoms. The molecule has 1 heterocycles. The van der Waals surface area contributed by atoms with Crippen LogP contribution in [0.3, 0.4) is 0 Å². The highest BCUT2D eigenvalue weighted by molar-refractivity contribution is 7.14. The fourth-order valence-electron chi connectivity index (χ4n) is 4.09. The molecular weight excluding hydrogens is 387 g/mol. The summed E-state index contributed by atoms with van der Waals surface area (Å²) >= 11 is 1.49. The molecule has 6 heteroatoms. The number of aromatic nitrogens is 2.